The smallest absolute Gasteiger partial charge is 0.394 e. The third-order valence-electron chi connectivity index (χ3n) is 2.40. The van der Waals surface area contributed by atoms with Gasteiger partial charge in [0.05, 0.1) is 19.8 Å². The van der Waals surface area contributed by atoms with Gasteiger partial charge in [0.1, 0.15) is 5.54 Å². The van der Waals surface area contributed by atoms with Crippen LogP contribution in [0.1, 0.15) is 0 Å². The standard InChI is InChI=1S/C5H10BNO6/c8-1-4(2-9)5(3-10)11-6(12-5)13-7-4/h7-10H,1-3H2. The Morgan fingerprint density at radius 3 is 2.08 bits per heavy atom. The van der Waals surface area contributed by atoms with Crippen molar-refractivity contribution in [2.24, 2.45) is 0 Å². The van der Waals surface area contributed by atoms with E-state index in [0.717, 1.165) is 0 Å². The molecule has 0 radical (unpaired) electrons. The number of aliphatic hydroxyl groups excluding tert-OH is 3. The summed E-state index contributed by atoms with van der Waals surface area (Å²) in [6.07, 6.45) is 0. The van der Waals surface area contributed by atoms with Crippen molar-refractivity contribution in [1.29, 1.82) is 0 Å². The van der Waals surface area contributed by atoms with Gasteiger partial charge in [-0.05, 0) is 0 Å². The zero-order valence-corrected chi connectivity index (χ0v) is 6.77. The fourth-order valence-electron chi connectivity index (χ4n) is 1.41. The molecule has 3 saturated heterocycles. The van der Waals surface area contributed by atoms with Crippen molar-refractivity contribution in [1.82, 2.24) is 5.48 Å². The molecule has 8 heteroatoms. The maximum atomic E-state index is 9.06. The Hall–Kier alpha value is -0.215. The van der Waals surface area contributed by atoms with E-state index in [1.54, 1.807) is 0 Å². The molecule has 0 unspecified atom stereocenters. The van der Waals surface area contributed by atoms with Crippen LogP contribution in [-0.4, -0.2) is 53.8 Å². The number of hydrogen-bond donors (Lipinski definition) is 4. The zero-order chi connectivity index (χ0) is 9.53. The van der Waals surface area contributed by atoms with Crippen LogP contribution >= 0.6 is 0 Å². The van der Waals surface area contributed by atoms with Crippen LogP contribution < -0.4 is 5.48 Å². The van der Waals surface area contributed by atoms with Crippen molar-refractivity contribution in [3.63, 3.8) is 0 Å². The van der Waals surface area contributed by atoms with Crippen LogP contribution in [0.3, 0.4) is 0 Å². The summed E-state index contributed by atoms with van der Waals surface area (Å²) in [5.41, 5.74) is 1.09. The van der Waals surface area contributed by atoms with E-state index >= 15 is 0 Å². The highest BCUT2D eigenvalue weighted by Crippen LogP contribution is 2.40. The highest BCUT2D eigenvalue weighted by Gasteiger charge is 2.69. The van der Waals surface area contributed by atoms with Gasteiger partial charge >= 0.3 is 7.32 Å². The van der Waals surface area contributed by atoms with Crippen molar-refractivity contribution in [2.75, 3.05) is 19.8 Å². The molecule has 0 aromatic rings. The van der Waals surface area contributed by atoms with Gasteiger partial charge in [0.15, 0.2) is 5.79 Å². The van der Waals surface area contributed by atoms with Crippen LogP contribution in [0.5, 0.6) is 0 Å². The summed E-state index contributed by atoms with van der Waals surface area (Å²) in [7, 11) is -0.877. The summed E-state index contributed by atoms with van der Waals surface area (Å²) in [4.78, 5) is 0. The van der Waals surface area contributed by atoms with Gasteiger partial charge in [-0.3, -0.25) is 4.76 Å². The van der Waals surface area contributed by atoms with E-state index in [1.165, 1.54) is 0 Å². The lowest BCUT2D eigenvalue weighted by Gasteiger charge is -2.58. The molecule has 0 atom stereocenters. The molecule has 4 N–H and O–H groups in total. The van der Waals surface area contributed by atoms with Crippen LogP contribution in [0.15, 0.2) is 0 Å². The largest absolute Gasteiger partial charge is 0.661 e. The third kappa shape index (κ3) is 0.989. The van der Waals surface area contributed by atoms with Gasteiger partial charge in [-0.15, -0.1) is 0 Å². The molecule has 3 aliphatic rings. The Bertz CT molecular complexity index is 203. The van der Waals surface area contributed by atoms with Gasteiger partial charge in [0, 0.05) is 0 Å². The van der Waals surface area contributed by atoms with Crippen molar-refractivity contribution in [3.05, 3.63) is 0 Å². The second kappa shape index (κ2) is 2.89. The Morgan fingerprint density at radius 2 is 1.69 bits per heavy atom. The maximum Gasteiger partial charge on any atom is 0.661 e. The van der Waals surface area contributed by atoms with E-state index in [0.29, 0.717) is 0 Å². The van der Waals surface area contributed by atoms with E-state index in [4.69, 9.17) is 29.4 Å². The minimum absolute atomic E-state index is 0.471. The minimum atomic E-state index is -1.40. The molecule has 0 aliphatic carbocycles. The highest BCUT2D eigenvalue weighted by molar-refractivity contribution is 6.39. The topological polar surface area (TPSA) is 100 Å². The third-order valence-corrected chi connectivity index (χ3v) is 2.40. The van der Waals surface area contributed by atoms with Gasteiger partial charge in [-0.1, -0.05) is 0 Å². The summed E-state index contributed by atoms with van der Waals surface area (Å²) in [5, 5.41) is 27.1. The molecule has 0 aromatic carbocycles. The van der Waals surface area contributed by atoms with Gasteiger partial charge < -0.3 is 24.6 Å². The number of aliphatic hydroxyl groups is 3. The maximum absolute atomic E-state index is 9.06. The average Bonchev–Trinajstić information content (AvgIpc) is 2.15. The Kier molecular flexibility index (Phi) is 2.08. The first-order valence-corrected chi connectivity index (χ1v) is 3.83. The quantitative estimate of drug-likeness (QED) is 0.352. The van der Waals surface area contributed by atoms with E-state index < -0.39 is 38.5 Å². The first-order valence-electron chi connectivity index (χ1n) is 3.83. The number of rotatable bonds is 3. The number of fused-ring (bicyclic) bond motifs is 2. The van der Waals surface area contributed by atoms with Crippen LogP contribution in [0.4, 0.5) is 0 Å². The van der Waals surface area contributed by atoms with Crippen molar-refractivity contribution < 1.29 is 29.4 Å². The highest BCUT2D eigenvalue weighted by atomic mass is 16.9. The monoisotopic (exact) mass is 191 g/mol. The fourth-order valence-corrected chi connectivity index (χ4v) is 1.41. The van der Waals surface area contributed by atoms with Crippen molar-refractivity contribution in [2.45, 2.75) is 11.3 Å². The molecule has 0 spiro atoms. The SMILES string of the molecule is OCC1(CO)NOB2OC1(CO)O2. The van der Waals surface area contributed by atoms with E-state index in [1.807, 2.05) is 0 Å². The van der Waals surface area contributed by atoms with Gasteiger partial charge in [0.2, 0.25) is 0 Å². The van der Waals surface area contributed by atoms with Gasteiger partial charge in [-0.25, -0.2) is 0 Å². The molecule has 0 aromatic heterocycles. The van der Waals surface area contributed by atoms with Crippen LogP contribution in [0.2, 0.25) is 0 Å². The van der Waals surface area contributed by atoms with Crippen LogP contribution in [0, 0.1) is 0 Å². The molecule has 13 heavy (non-hydrogen) atoms. The van der Waals surface area contributed by atoms with Crippen LogP contribution in [-0.2, 0) is 14.1 Å². The van der Waals surface area contributed by atoms with Crippen molar-refractivity contribution in [3.8, 4) is 0 Å². The van der Waals surface area contributed by atoms with Crippen molar-refractivity contribution >= 4 is 7.32 Å². The first kappa shape index (κ1) is 9.34. The number of hydrogen-bond acceptors (Lipinski definition) is 7. The molecule has 0 amide bonds. The van der Waals surface area contributed by atoms with E-state index in [9.17, 15) is 0 Å². The predicted molar refractivity (Wildman–Crippen MR) is 38.9 cm³/mol. The number of nitrogens with one attached hydrogen (secondary N) is 1. The Morgan fingerprint density at radius 1 is 1.08 bits per heavy atom. The summed E-state index contributed by atoms with van der Waals surface area (Å²) in [6, 6.07) is 0. The average molecular weight is 191 g/mol. The second-order valence-electron chi connectivity index (χ2n) is 3.05. The Balaban J connectivity index is 2.23. The summed E-state index contributed by atoms with van der Waals surface area (Å²) in [5.74, 6) is -1.40. The molecule has 0 saturated carbocycles. The van der Waals surface area contributed by atoms with Crippen LogP contribution in [0.25, 0.3) is 0 Å². The Labute approximate surface area is 74.3 Å². The lowest BCUT2D eigenvalue weighted by atomic mass is 9.84. The molecule has 7 nitrogen and oxygen atoms in total. The molecule has 3 fully saturated rings. The second-order valence-corrected chi connectivity index (χ2v) is 3.05. The van der Waals surface area contributed by atoms with E-state index in [2.05, 4.69) is 5.48 Å². The summed E-state index contributed by atoms with van der Waals surface area (Å²) >= 11 is 0. The minimum Gasteiger partial charge on any atom is -0.394 e. The van der Waals surface area contributed by atoms with E-state index in [-0.39, 0.29) is 0 Å². The van der Waals surface area contributed by atoms with Gasteiger partial charge in [-0.2, -0.15) is 5.48 Å². The molecular formula is C5H10BNO6. The lowest BCUT2D eigenvalue weighted by molar-refractivity contribution is -0.365. The molecular weight excluding hydrogens is 181 g/mol. The summed E-state index contributed by atoms with van der Waals surface area (Å²) in [6.45, 7) is -1.42. The number of hydroxylamine groups is 1. The van der Waals surface area contributed by atoms with Gasteiger partial charge in [0.25, 0.3) is 0 Å². The zero-order valence-electron chi connectivity index (χ0n) is 6.77. The molecule has 2 bridgehead atoms. The fraction of sp³-hybridized carbons (Fsp3) is 1.00. The molecule has 3 heterocycles. The molecule has 74 valence electrons. The molecule has 3 rings (SSSR count). The normalized spacial score (nSPS) is 28.4. The summed E-state index contributed by atoms with van der Waals surface area (Å²) < 4.78 is 14.8. The predicted octanol–water partition coefficient (Wildman–Crippen LogP) is -3.04. The lowest BCUT2D eigenvalue weighted by Crippen LogP contribution is -2.84. The molecule has 3 aliphatic heterocycles. The first-order chi connectivity index (χ1) is 6.22.